The van der Waals surface area contributed by atoms with E-state index < -0.39 is 17.8 Å². The molecule has 0 spiro atoms. The first kappa shape index (κ1) is 18.5. The minimum absolute atomic E-state index is 0.305. The highest BCUT2D eigenvalue weighted by atomic mass is 35.5. The summed E-state index contributed by atoms with van der Waals surface area (Å²) < 4.78 is 4.62. The molecule has 0 radical (unpaired) electrons. The molecule has 0 saturated carbocycles. The molecule has 2 N–H and O–H groups in total. The number of ether oxygens (including phenoxy) is 1. The number of carbonyl (C=O) groups is 3. The SMILES string of the molecule is COC(=O)c1cccc(NC(=O)CC(=O)Nc2cccc(Cl)c2C)c1. The van der Waals surface area contributed by atoms with Crippen LogP contribution in [0.5, 0.6) is 0 Å². The zero-order valence-electron chi connectivity index (χ0n) is 13.8. The maximum absolute atomic E-state index is 12.0. The van der Waals surface area contributed by atoms with Gasteiger partial charge >= 0.3 is 5.97 Å². The Morgan fingerprint density at radius 3 is 2.44 bits per heavy atom. The monoisotopic (exact) mass is 360 g/mol. The van der Waals surface area contributed by atoms with Crippen LogP contribution < -0.4 is 10.6 Å². The number of benzene rings is 2. The quantitative estimate of drug-likeness (QED) is 0.632. The van der Waals surface area contributed by atoms with E-state index >= 15 is 0 Å². The van der Waals surface area contributed by atoms with Gasteiger partial charge < -0.3 is 15.4 Å². The normalized spacial score (nSPS) is 10.0. The average molecular weight is 361 g/mol. The smallest absolute Gasteiger partial charge is 0.337 e. The van der Waals surface area contributed by atoms with E-state index in [1.165, 1.54) is 13.2 Å². The second kappa shape index (κ2) is 8.30. The molecule has 2 rings (SSSR count). The lowest BCUT2D eigenvalue weighted by Crippen LogP contribution is -2.22. The van der Waals surface area contributed by atoms with E-state index in [2.05, 4.69) is 15.4 Å². The number of nitrogens with one attached hydrogen (secondary N) is 2. The van der Waals surface area contributed by atoms with Crippen LogP contribution in [0.25, 0.3) is 0 Å². The highest BCUT2D eigenvalue weighted by Crippen LogP contribution is 2.23. The molecule has 0 heterocycles. The molecule has 7 heteroatoms. The van der Waals surface area contributed by atoms with Crippen LogP contribution in [0.1, 0.15) is 22.3 Å². The lowest BCUT2D eigenvalue weighted by Gasteiger charge is -2.10. The molecule has 25 heavy (non-hydrogen) atoms. The van der Waals surface area contributed by atoms with Crippen LogP contribution >= 0.6 is 11.6 Å². The van der Waals surface area contributed by atoms with E-state index in [1.807, 2.05) is 0 Å². The second-order valence-corrected chi connectivity index (χ2v) is 5.67. The molecule has 0 bridgehead atoms. The van der Waals surface area contributed by atoms with Gasteiger partial charge in [-0.05, 0) is 42.8 Å². The number of carbonyl (C=O) groups excluding carboxylic acids is 3. The van der Waals surface area contributed by atoms with Crippen LogP contribution in [0.3, 0.4) is 0 Å². The largest absolute Gasteiger partial charge is 0.465 e. The summed E-state index contributed by atoms with van der Waals surface area (Å²) in [6.07, 6.45) is -0.367. The van der Waals surface area contributed by atoms with Crippen LogP contribution in [0, 0.1) is 6.92 Å². The van der Waals surface area contributed by atoms with Crippen LogP contribution in [-0.4, -0.2) is 24.9 Å². The van der Waals surface area contributed by atoms with Crippen molar-refractivity contribution < 1.29 is 19.1 Å². The lowest BCUT2D eigenvalue weighted by atomic mass is 10.2. The molecule has 0 aromatic heterocycles. The molecule has 130 valence electrons. The Morgan fingerprint density at radius 2 is 1.72 bits per heavy atom. The Bertz CT molecular complexity index is 820. The third-order valence-electron chi connectivity index (χ3n) is 3.43. The summed E-state index contributed by atoms with van der Waals surface area (Å²) in [7, 11) is 1.27. The number of amides is 2. The van der Waals surface area contributed by atoms with Crippen molar-refractivity contribution in [3.63, 3.8) is 0 Å². The zero-order chi connectivity index (χ0) is 18.4. The highest BCUT2D eigenvalue weighted by molar-refractivity contribution is 6.31. The van der Waals surface area contributed by atoms with Gasteiger partial charge in [-0.25, -0.2) is 4.79 Å². The third-order valence-corrected chi connectivity index (χ3v) is 3.84. The summed E-state index contributed by atoms with van der Waals surface area (Å²) in [5.74, 6) is -1.48. The van der Waals surface area contributed by atoms with Gasteiger partial charge in [0.25, 0.3) is 0 Å². The predicted octanol–water partition coefficient (Wildman–Crippen LogP) is 3.40. The Hall–Kier alpha value is -2.86. The van der Waals surface area contributed by atoms with Crippen molar-refractivity contribution in [1.82, 2.24) is 0 Å². The molecule has 6 nitrogen and oxygen atoms in total. The van der Waals surface area contributed by atoms with Crippen LogP contribution in [-0.2, 0) is 14.3 Å². The number of halogens is 1. The first-order chi connectivity index (χ1) is 11.9. The molecule has 2 amide bonds. The summed E-state index contributed by atoms with van der Waals surface area (Å²) in [6.45, 7) is 1.77. The van der Waals surface area contributed by atoms with Crippen molar-refractivity contribution in [2.24, 2.45) is 0 Å². The van der Waals surface area contributed by atoms with Gasteiger partial charge in [-0.3, -0.25) is 9.59 Å². The highest BCUT2D eigenvalue weighted by Gasteiger charge is 2.13. The zero-order valence-corrected chi connectivity index (χ0v) is 14.5. The number of anilines is 2. The van der Waals surface area contributed by atoms with Gasteiger partial charge in [-0.2, -0.15) is 0 Å². The average Bonchev–Trinajstić information content (AvgIpc) is 2.58. The van der Waals surface area contributed by atoms with E-state index in [4.69, 9.17) is 11.6 Å². The second-order valence-electron chi connectivity index (χ2n) is 5.26. The van der Waals surface area contributed by atoms with Crippen molar-refractivity contribution in [3.8, 4) is 0 Å². The van der Waals surface area contributed by atoms with Crippen molar-refractivity contribution >= 4 is 40.8 Å². The van der Waals surface area contributed by atoms with E-state index in [-0.39, 0.29) is 6.42 Å². The minimum atomic E-state index is -0.509. The number of methoxy groups -OCH3 is 1. The third kappa shape index (κ3) is 5.06. The predicted molar refractivity (Wildman–Crippen MR) is 95.8 cm³/mol. The molecular weight excluding hydrogens is 344 g/mol. The minimum Gasteiger partial charge on any atom is -0.465 e. The van der Waals surface area contributed by atoms with Gasteiger partial charge in [-0.1, -0.05) is 23.7 Å². The van der Waals surface area contributed by atoms with E-state index in [9.17, 15) is 14.4 Å². The number of rotatable bonds is 5. The van der Waals surface area contributed by atoms with Gasteiger partial charge in [0.05, 0.1) is 12.7 Å². The van der Waals surface area contributed by atoms with Gasteiger partial charge in [-0.15, -0.1) is 0 Å². The molecule has 2 aromatic rings. The summed E-state index contributed by atoms with van der Waals surface area (Å²) in [5, 5.41) is 5.75. The Morgan fingerprint density at radius 1 is 1.04 bits per heavy atom. The van der Waals surface area contributed by atoms with Gasteiger partial charge in [0.15, 0.2) is 0 Å². The number of hydrogen-bond acceptors (Lipinski definition) is 4. The fourth-order valence-electron chi connectivity index (χ4n) is 2.13. The Labute approximate surface area is 150 Å². The Balaban J connectivity index is 1.97. The first-order valence-electron chi connectivity index (χ1n) is 7.44. The molecule has 0 unspecified atom stereocenters. The van der Waals surface area contributed by atoms with Gasteiger partial charge in [0.1, 0.15) is 6.42 Å². The van der Waals surface area contributed by atoms with E-state index in [1.54, 1.807) is 43.3 Å². The molecule has 0 aliphatic carbocycles. The van der Waals surface area contributed by atoms with Crippen molar-refractivity contribution in [2.45, 2.75) is 13.3 Å². The summed E-state index contributed by atoms with van der Waals surface area (Å²) in [5.41, 5.74) is 1.99. The van der Waals surface area contributed by atoms with Crippen molar-refractivity contribution in [3.05, 3.63) is 58.6 Å². The molecule has 2 aromatic carbocycles. The molecule has 0 fully saturated rings. The molecule has 0 saturated heterocycles. The molecule has 0 aliphatic rings. The topological polar surface area (TPSA) is 84.5 Å². The molecule has 0 aliphatic heterocycles. The first-order valence-corrected chi connectivity index (χ1v) is 7.81. The van der Waals surface area contributed by atoms with Crippen LogP contribution in [0.15, 0.2) is 42.5 Å². The standard InChI is InChI=1S/C18H17ClN2O4/c1-11-14(19)7-4-8-15(11)21-17(23)10-16(22)20-13-6-3-5-12(9-13)18(24)25-2/h3-9H,10H2,1-2H3,(H,20,22)(H,21,23). The van der Waals surface area contributed by atoms with Crippen LogP contribution in [0.4, 0.5) is 11.4 Å². The maximum atomic E-state index is 12.0. The summed E-state index contributed by atoms with van der Waals surface area (Å²) in [4.78, 5) is 35.5. The number of esters is 1. The lowest BCUT2D eigenvalue weighted by molar-refractivity contribution is -0.123. The number of hydrogen-bond donors (Lipinski definition) is 2. The van der Waals surface area contributed by atoms with Gasteiger partial charge in [0.2, 0.25) is 11.8 Å². The summed E-state index contributed by atoms with van der Waals surface area (Å²) in [6, 6.07) is 11.4. The maximum Gasteiger partial charge on any atom is 0.337 e. The molecule has 0 atom stereocenters. The Kier molecular flexibility index (Phi) is 6.14. The van der Waals surface area contributed by atoms with E-state index in [0.29, 0.717) is 22.0 Å². The van der Waals surface area contributed by atoms with Crippen molar-refractivity contribution in [1.29, 1.82) is 0 Å². The van der Waals surface area contributed by atoms with E-state index in [0.717, 1.165) is 5.56 Å². The van der Waals surface area contributed by atoms with Crippen molar-refractivity contribution in [2.75, 3.05) is 17.7 Å². The fraction of sp³-hybridized carbons (Fsp3) is 0.167. The fourth-order valence-corrected chi connectivity index (χ4v) is 2.30. The van der Waals surface area contributed by atoms with Crippen LogP contribution in [0.2, 0.25) is 5.02 Å². The van der Waals surface area contributed by atoms with Gasteiger partial charge in [0, 0.05) is 16.4 Å². The molecular formula is C18H17ClN2O4. The summed E-state index contributed by atoms with van der Waals surface area (Å²) >= 11 is 5.99.